The Kier molecular flexibility index (Phi) is 4.69. The van der Waals surface area contributed by atoms with Crippen molar-refractivity contribution in [2.45, 2.75) is 40.5 Å². The number of nitrogens with zero attached hydrogens (tertiary/aromatic N) is 2. The van der Waals surface area contributed by atoms with E-state index < -0.39 is 0 Å². The van der Waals surface area contributed by atoms with Gasteiger partial charge >= 0.3 is 0 Å². The topological polar surface area (TPSA) is 44.1 Å². The van der Waals surface area contributed by atoms with Gasteiger partial charge in [-0.25, -0.2) is 4.68 Å². The maximum Gasteiger partial charge on any atom is 0.278 e. The molecule has 0 amide bonds. The number of benzene rings is 1. The number of aromatic nitrogens is 2. The molecule has 4 nitrogen and oxygen atoms in total. The van der Waals surface area contributed by atoms with Crippen LogP contribution in [-0.4, -0.2) is 16.9 Å². The maximum absolute atomic E-state index is 12.7. The second-order valence-electron chi connectivity index (χ2n) is 5.59. The van der Waals surface area contributed by atoms with Crippen LogP contribution in [-0.2, 0) is 19.9 Å². The number of methoxy groups -OCH3 is 1. The van der Waals surface area contributed by atoms with Crippen molar-refractivity contribution < 1.29 is 4.74 Å². The van der Waals surface area contributed by atoms with E-state index in [1.807, 2.05) is 6.92 Å². The summed E-state index contributed by atoms with van der Waals surface area (Å²) in [6.45, 7) is 8.19. The summed E-state index contributed by atoms with van der Waals surface area (Å²) in [5.74, 6) is 0.580. The van der Waals surface area contributed by atoms with Crippen LogP contribution in [0.3, 0.4) is 0 Å². The molecule has 0 saturated carbocycles. The molecule has 0 fully saturated rings. The number of hydrogen-bond acceptors (Lipinski definition) is 3. The van der Waals surface area contributed by atoms with Crippen LogP contribution in [0.4, 0.5) is 0 Å². The fourth-order valence-electron chi connectivity index (χ4n) is 3.05. The summed E-state index contributed by atoms with van der Waals surface area (Å²) in [5, 5.41) is 4.24. The number of aryl methyl sites for hydroxylation is 5. The molecule has 1 aromatic carbocycles. The van der Waals surface area contributed by atoms with E-state index in [0.29, 0.717) is 11.3 Å². The molecule has 0 aliphatic carbocycles. The zero-order valence-electron chi connectivity index (χ0n) is 14.3. The summed E-state index contributed by atoms with van der Waals surface area (Å²) in [6.07, 6.45) is 1.75. The van der Waals surface area contributed by atoms with Gasteiger partial charge in [0.05, 0.1) is 12.7 Å². The van der Waals surface area contributed by atoms with E-state index in [1.54, 1.807) is 14.2 Å². The lowest BCUT2D eigenvalue weighted by atomic mass is 9.90. The Morgan fingerprint density at radius 3 is 2.09 bits per heavy atom. The van der Waals surface area contributed by atoms with Crippen LogP contribution in [0.2, 0.25) is 0 Å². The average molecular weight is 300 g/mol. The predicted octanol–water partition coefficient (Wildman–Crippen LogP) is 3.20. The second kappa shape index (κ2) is 6.34. The third-order valence-corrected chi connectivity index (χ3v) is 4.03. The Labute approximate surface area is 131 Å². The van der Waals surface area contributed by atoms with E-state index in [-0.39, 0.29) is 5.56 Å². The van der Waals surface area contributed by atoms with Crippen LogP contribution in [0.25, 0.3) is 11.1 Å². The SMILES string of the molecule is CCc1cc(C)cc(CC)c1-c1c(OC)c(C)nn(C)c1=O. The van der Waals surface area contributed by atoms with Crippen LogP contribution in [0.1, 0.15) is 36.2 Å². The number of rotatable bonds is 4. The molecule has 118 valence electrons. The molecule has 2 aromatic rings. The van der Waals surface area contributed by atoms with Crippen molar-refractivity contribution in [1.82, 2.24) is 9.78 Å². The molecule has 0 aliphatic rings. The summed E-state index contributed by atoms with van der Waals surface area (Å²) in [4.78, 5) is 12.7. The molecule has 2 rings (SSSR count). The average Bonchev–Trinajstić information content (AvgIpc) is 2.50. The van der Waals surface area contributed by atoms with Crippen molar-refractivity contribution in [2.75, 3.05) is 7.11 Å². The van der Waals surface area contributed by atoms with Gasteiger partial charge in [-0.05, 0) is 43.4 Å². The molecule has 1 aromatic heterocycles. The van der Waals surface area contributed by atoms with Gasteiger partial charge in [0.25, 0.3) is 5.56 Å². The van der Waals surface area contributed by atoms with Gasteiger partial charge < -0.3 is 4.74 Å². The maximum atomic E-state index is 12.7. The zero-order chi connectivity index (χ0) is 16.4. The molecule has 4 heteroatoms. The Morgan fingerprint density at radius 1 is 1.09 bits per heavy atom. The summed E-state index contributed by atoms with van der Waals surface area (Å²) in [5.41, 5.74) is 5.83. The number of hydrogen-bond donors (Lipinski definition) is 0. The standard InChI is InChI=1S/C18H24N2O2/c1-7-13-9-11(3)10-14(8-2)15(13)16-17(22-6)12(4)19-20(5)18(16)21/h9-10H,7-8H2,1-6H3. The fraction of sp³-hybridized carbons (Fsp3) is 0.444. The molecule has 0 radical (unpaired) electrons. The monoisotopic (exact) mass is 300 g/mol. The van der Waals surface area contributed by atoms with Crippen molar-refractivity contribution >= 4 is 0 Å². The van der Waals surface area contributed by atoms with Gasteiger partial charge in [-0.1, -0.05) is 31.5 Å². The van der Waals surface area contributed by atoms with Crippen molar-refractivity contribution in [1.29, 1.82) is 0 Å². The quantitative estimate of drug-likeness (QED) is 0.871. The molecule has 0 saturated heterocycles. The summed E-state index contributed by atoms with van der Waals surface area (Å²) in [6, 6.07) is 4.31. The highest BCUT2D eigenvalue weighted by molar-refractivity contribution is 5.77. The highest BCUT2D eigenvalue weighted by Crippen LogP contribution is 2.35. The molecule has 0 aliphatic heterocycles. The van der Waals surface area contributed by atoms with E-state index in [2.05, 4.69) is 38.0 Å². The molecule has 0 N–H and O–H groups in total. The van der Waals surface area contributed by atoms with Gasteiger partial charge in [-0.2, -0.15) is 5.10 Å². The summed E-state index contributed by atoms with van der Waals surface area (Å²) in [7, 11) is 3.28. The van der Waals surface area contributed by atoms with Crippen LogP contribution in [0.5, 0.6) is 5.75 Å². The lowest BCUT2D eigenvalue weighted by molar-refractivity contribution is 0.405. The molecule has 0 atom stereocenters. The first-order valence-corrected chi connectivity index (χ1v) is 7.69. The lowest BCUT2D eigenvalue weighted by Crippen LogP contribution is -2.24. The Morgan fingerprint density at radius 2 is 1.64 bits per heavy atom. The summed E-state index contributed by atoms with van der Waals surface area (Å²) < 4.78 is 6.91. The first kappa shape index (κ1) is 16.3. The largest absolute Gasteiger partial charge is 0.494 e. The van der Waals surface area contributed by atoms with Gasteiger partial charge in [0.1, 0.15) is 5.69 Å². The first-order valence-electron chi connectivity index (χ1n) is 7.69. The van der Waals surface area contributed by atoms with Crippen molar-refractivity contribution in [3.05, 3.63) is 44.9 Å². The Bertz CT molecular complexity index is 735. The molecular weight excluding hydrogens is 276 g/mol. The fourth-order valence-corrected chi connectivity index (χ4v) is 3.05. The van der Waals surface area contributed by atoms with Crippen LogP contribution >= 0.6 is 0 Å². The van der Waals surface area contributed by atoms with E-state index in [1.165, 1.54) is 21.4 Å². The minimum Gasteiger partial charge on any atom is -0.494 e. The van der Waals surface area contributed by atoms with E-state index >= 15 is 0 Å². The van der Waals surface area contributed by atoms with E-state index in [0.717, 1.165) is 24.1 Å². The van der Waals surface area contributed by atoms with Gasteiger partial charge in [0.15, 0.2) is 5.75 Å². The molecular formula is C18H24N2O2. The van der Waals surface area contributed by atoms with Crippen LogP contribution in [0.15, 0.2) is 16.9 Å². The van der Waals surface area contributed by atoms with Crippen LogP contribution in [0, 0.1) is 13.8 Å². The number of ether oxygens (including phenoxy) is 1. The first-order chi connectivity index (χ1) is 10.4. The van der Waals surface area contributed by atoms with E-state index in [9.17, 15) is 4.79 Å². The smallest absolute Gasteiger partial charge is 0.278 e. The van der Waals surface area contributed by atoms with Crippen LogP contribution < -0.4 is 10.3 Å². The molecule has 22 heavy (non-hydrogen) atoms. The van der Waals surface area contributed by atoms with Crippen molar-refractivity contribution in [2.24, 2.45) is 7.05 Å². The van der Waals surface area contributed by atoms with Gasteiger partial charge in [0.2, 0.25) is 0 Å². The van der Waals surface area contributed by atoms with Gasteiger partial charge in [-0.3, -0.25) is 4.79 Å². The minimum absolute atomic E-state index is 0.115. The lowest BCUT2D eigenvalue weighted by Gasteiger charge is -2.18. The van der Waals surface area contributed by atoms with Gasteiger partial charge in [-0.15, -0.1) is 0 Å². The van der Waals surface area contributed by atoms with Gasteiger partial charge in [0, 0.05) is 7.05 Å². The molecule has 1 heterocycles. The van der Waals surface area contributed by atoms with E-state index in [4.69, 9.17) is 4.74 Å². The third-order valence-electron chi connectivity index (χ3n) is 4.03. The second-order valence-corrected chi connectivity index (χ2v) is 5.59. The summed E-state index contributed by atoms with van der Waals surface area (Å²) >= 11 is 0. The molecule has 0 spiro atoms. The van der Waals surface area contributed by atoms with Crippen molar-refractivity contribution in [3.63, 3.8) is 0 Å². The van der Waals surface area contributed by atoms with Crippen molar-refractivity contribution in [3.8, 4) is 16.9 Å². The predicted molar refractivity (Wildman–Crippen MR) is 89.7 cm³/mol. The third kappa shape index (κ3) is 2.65. The minimum atomic E-state index is -0.115. The highest BCUT2D eigenvalue weighted by atomic mass is 16.5. The Balaban J connectivity index is 2.96. The zero-order valence-corrected chi connectivity index (χ0v) is 14.3. The normalized spacial score (nSPS) is 10.8. The Hall–Kier alpha value is -2.10. The molecule has 0 bridgehead atoms. The molecule has 0 unspecified atom stereocenters. The highest BCUT2D eigenvalue weighted by Gasteiger charge is 2.21.